The summed E-state index contributed by atoms with van der Waals surface area (Å²) in [7, 11) is 0. The molecule has 0 radical (unpaired) electrons. The van der Waals surface area contributed by atoms with E-state index in [-0.39, 0.29) is 17.2 Å². The first-order valence-electron chi connectivity index (χ1n) is 5.82. The van der Waals surface area contributed by atoms with Crippen LogP contribution in [0.3, 0.4) is 0 Å². The molecular weight excluding hydrogens is 280 g/mol. The summed E-state index contributed by atoms with van der Waals surface area (Å²) >= 11 is 1.42. The normalized spacial score (nSPS) is 10.8. The minimum absolute atomic E-state index is 0.105. The Bertz CT molecular complexity index is 791. The van der Waals surface area contributed by atoms with Crippen LogP contribution < -0.4 is 10.9 Å². The van der Waals surface area contributed by atoms with Gasteiger partial charge in [-0.1, -0.05) is 0 Å². The molecule has 20 heavy (non-hydrogen) atoms. The van der Waals surface area contributed by atoms with Crippen LogP contribution in [0.25, 0.3) is 10.2 Å². The minimum atomic E-state index is -0.337. The average Bonchev–Trinajstić information content (AvgIpc) is 3.11. The van der Waals surface area contributed by atoms with Crippen LogP contribution in [0.2, 0.25) is 0 Å². The van der Waals surface area contributed by atoms with Gasteiger partial charge in [0.15, 0.2) is 5.69 Å². The summed E-state index contributed by atoms with van der Waals surface area (Å²) in [5, 5.41) is 14.7. The van der Waals surface area contributed by atoms with Crippen LogP contribution in [-0.2, 0) is 6.54 Å². The van der Waals surface area contributed by atoms with Crippen molar-refractivity contribution in [2.75, 3.05) is 6.54 Å². The fourth-order valence-electron chi connectivity index (χ4n) is 1.74. The predicted octanol–water partition coefficient (Wildman–Crippen LogP) is 0.00610. The highest BCUT2D eigenvalue weighted by Gasteiger charge is 2.08. The molecule has 0 aliphatic rings. The maximum atomic E-state index is 12.1. The second-order valence-corrected chi connectivity index (χ2v) is 4.89. The van der Waals surface area contributed by atoms with E-state index >= 15 is 0 Å². The molecular formula is C11H10N6O2S. The standard InChI is InChI=1S/C11H10N6O2S/c18-9(8-5-14-16-15-8)12-2-3-17-6-13-10-7(11(17)19)1-4-20-10/h1,4-6H,2-3H2,(H,12,18)(H,14,15,16). The van der Waals surface area contributed by atoms with Gasteiger partial charge >= 0.3 is 0 Å². The molecule has 3 heterocycles. The lowest BCUT2D eigenvalue weighted by atomic mass is 10.4. The lowest BCUT2D eigenvalue weighted by Gasteiger charge is -2.05. The topological polar surface area (TPSA) is 106 Å². The number of nitrogens with zero attached hydrogens (tertiary/aromatic N) is 4. The minimum Gasteiger partial charge on any atom is -0.349 e. The third kappa shape index (κ3) is 2.30. The zero-order valence-electron chi connectivity index (χ0n) is 10.2. The third-order valence-corrected chi connectivity index (χ3v) is 3.56. The van der Waals surface area contributed by atoms with Crippen LogP contribution >= 0.6 is 11.3 Å². The van der Waals surface area contributed by atoms with Gasteiger partial charge in [0.2, 0.25) is 0 Å². The highest BCUT2D eigenvalue weighted by atomic mass is 32.1. The Kier molecular flexibility index (Phi) is 3.25. The van der Waals surface area contributed by atoms with Crippen LogP contribution in [0.1, 0.15) is 10.5 Å². The highest BCUT2D eigenvalue weighted by molar-refractivity contribution is 7.16. The van der Waals surface area contributed by atoms with Gasteiger partial charge in [-0.15, -0.1) is 11.3 Å². The van der Waals surface area contributed by atoms with Crippen molar-refractivity contribution in [3.63, 3.8) is 0 Å². The molecule has 8 nitrogen and oxygen atoms in total. The Morgan fingerprint density at radius 3 is 3.20 bits per heavy atom. The maximum Gasteiger partial charge on any atom is 0.273 e. The number of fused-ring (bicyclic) bond motifs is 1. The smallest absolute Gasteiger partial charge is 0.273 e. The summed E-state index contributed by atoms with van der Waals surface area (Å²) in [6, 6.07) is 1.75. The van der Waals surface area contributed by atoms with Gasteiger partial charge < -0.3 is 5.32 Å². The van der Waals surface area contributed by atoms with Crippen molar-refractivity contribution in [1.82, 2.24) is 30.3 Å². The van der Waals surface area contributed by atoms with Gasteiger partial charge in [-0.05, 0) is 11.4 Å². The monoisotopic (exact) mass is 290 g/mol. The maximum absolute atomic E-state index is 12.1. The van der Waals surface area contributed by atoms with Gasteiger partial charge in [0, 0.05) is 13.1 Å². The molecule has 2 N–H and O–H groups in total. The van der Waals surface area contributed by atoms with Crippen molar-refractivity contribution in [3.8, 4) is 0 Å². The molecule has 0 unspecified atom stereocenters. The van der Waals surface area contributed by atoms with Gasteiger partial charge in [-0.3, -0.25) is 14.2 Å². The third-order valence-electron chi connectivity index (χ3n) is 2.74. The Balaban J connectivity index is 1.67. The van der Waals surface area contributed by atoms with Gasteiger partial charge in [-0.2, -0.15) is 15.4 Å². The van der Waals surface area contributed by atoms with Crippen LogP contribution in [0.4, 0.5) is 0 Å². The molecule has 0 aliphatic carbocycles. The summed E-state index contributed by atoms with van der Waals surface area (Å²) in [4.78, 5) is 28.6. The molecule has 0 bridgehead atoms. The van der Waals surface area contributed by atoms with Crippen molar-refractivity contribution < 1.29 is 4.79 Å². The Labute approximate surface area is 116 Å². The molecule has 1 amide bonds. The Morgan fingerprint density at radius 1 is 1.50 bits per heavy atom. The molecule has 0 aromatic carbocycles. The van der Waals surface area contributed by atoms with E-state index in [2.05, 4.69) is 25.7 Å². The van der Waals surface area contributed by atoms with Crippen molar-refractivity contribution in [2.24, 2.45) is 0 Å². The SMILES string of the molecule is O=C(NCCn1cnc2sccc2c1=O)c1cn[nH]n1. The van der Waals surface area contributed by atoms with Crippen molar-refractivity contribution in [1.29, 1.82) is 0 Å². The van der Waals surface area contributed by atoms with Gasteiger partial charge in [0.1, 0.15) is 4.83 Å². The highest BCUT2D eigenvalue weighted by Crippen LogP contribution is 2.12. The number of carbonyl (C=O) groups is 1. The molecule has 3 aromatic heterocycles. The van der Waals surface area contributed by atoms with Crippen molar-refractivity contribution >= 4 is 27.5 Å². The number of aromatic amines is 1. The van der Waals surface area contributed by atoms with E-state index in [1.807, 2.05) is 5.38 Å². The predicted molar refractivity (Wildman–Crippen MR) is 72.6 cm³/mol. The second kappa shape index (κ2) is 5.21. The fraction of sp³-hybridized carbons (Fsp3) is 0.182. The van der Waals surface area contributed by atoms with Crippen molar-refractivity contribution in [3.05, 3.63) is 40.0 Å². The molecule has 102 valence electrons. The van der Waals surface area contributed by atoms with E-state index in [9.17, 15) is 9.59 Å². The van der Waals surface area contributed by atoms with E-state index in [1.165, 1.54) is 28.4 Å². The molecule has 0 aliphatic heterocycles. The summed E-state index contributed by atoms with van der Waals surface area (Å²) < 4.78 is 1.47. The van der Waals surface area contributed by atoms with Crippen LogP contribution in [0.5, 0.6) is 0 Å². The van der Waals surface area contributed by atoms with E-state index in [4.69, 9.17) is 0 Å². The first-order valence-corrected chi connectivity index (χ1v) is 6.70. The molecule has 0 spiro atoms. The largest absolute Gasteiger partial charge is 0.349 e. The van der Waals surface area contributed by atoms with E-state index in [1.54, 1.807) is 6.07 Å². The molecule has 0 saturated carbocycles. The average molecular weight is 290 g/mol. The molecule has 0 fully saturated rings. The second-order valence-electron chi connectivity index (χ2n) is 3.99. The number of aromatic nitrogens is 5. The van der Waals surface area contributed by atoms with Gasteiger partial charge in [-0.25, -0.2) is 4.98 Å². The lowest BCUT2D eigenvalue weighted by molar-refractivity contribution is 0.0947. The summed E-state index contributed by atoms with van der Waals surface area (Å²) in [5.74, 6) is -0.337. The lowest BCUT2D eigenvalue weighted by Crippen LogP contribution is -2.31. The van der Waals surface area contributed by atoms with E-state index < -0.39 is 0 Å². The number of nitrogens with one attached hydrogen (secondary N) is 2. The summed E-state index contributed by atoms with van der Waals surface area (Å²) in [5.41, 5.74) is 0.107. The number of hydrogen-bond acceptors (Lipinski definition) is 6. The first kappa shape index (κ1) is 12.5. The number of rotatable bonds is 4. The van der Waals surface area contributed by atoms with E-state index in [0.717, 1.165) is 4.83 Å². The first-order chi connectivity index (χ1) is 9.75. The van der Waals surface area contributed by atoms with Crippen LogP contribution in [0, 0.1) is 0 Å². The van der Waals surface area contributed by atoms with Gasteiger partial charge in [0.25, 0.3) is 11.5 Å². The number of thiophene rings is 1. The fourth-order valence-corrected chi connectivity index (χ4v) is 2.47. The quantitative estimate of drug-likeness (QED) is 0.704. The molecule has 3 rings (SSSR count). The van der Waals surface area contributed by atoms with Crippen LogP contribution in [-0.4, -0.2) is 37.4 Å². The molecule has 0 atom stereocenters. The summed E-state index contributed by atoms with van der Waals surface area (Å²) in [6.45, 7) is 0.657. The van der Waals surface area contributed by atoms with Gasteiger partial charge in [0.05, 0.1) is 17.9 Å². The van der Waals surface area contributed by atoms with Crippen molar-refractivity contribution in [2.45, 2.75) is 6.54 Å². The Hall–Kier alpha value is -2.55. The number of H-pyrrole nitrogens is 1. The molecule has 9 heteroatoms. The summed E-state index contributed by atoms with van der Waals surface area (Å²) in [6.07, 6.45) is 2.82. The number of hydrogen-bond donors (Lipinski definition) is 2. The number of amides is 1. The number of carbonyl (C=O) groups excluding carboxylic acids is 1. The van der Waals surface area contributed by atoms with Crippen LogP contribution in [0.15, 0.2) is 28.8 Å². The zero-order valence-corrected chi connectivity index (χ0v) is 11.1. The zero-order chi connectivity index (χ0) is 13.9. The van der Waals surface area contributed by atoms with E-state index in [0.29, 0.717) is 18.5 Å². The Morgan fingerprint density at radius 2 is 2.40 bits per heavy atom. The molecule has 3 aromatic rings. The molecule has 0 saturated heterocycles.